The zero-order chi connectivity index (χ0) is 23.6. The number of anilines is 1. The van der Waals surface area contributed by atoms with Crippen LogP contribution in [-0.4, -0.2) is 34.4 Å². The fourth-order valence-corrected chi connectivity index (χ4v) is 3.40. The van der Waals surface area contributed by atoms with Crippen molar-refractivity contribution in [1.82, 2.24) is 15.3 Å². The first-order valence-electron chi connectivity index (χ1n) is 10.5. The third kappa shape index (κ3) is 5.06. The standard InChI is InChI=1S/C25H27N5O3/c1-15(30-17-10-23(26-13-17)25(2,3)4)29-16-7-6-8-18(9-16)33-24-19-11-21(31)22(32-5)12-20(19)27-14-28-24/h6-12,14,29-31H,1,13H2,2-5H3. The number of allylic oxidation sites excluding steroid dienone is 1. The van der Waals surface area contributed by atoms with Crippen molar-refractivity contribution >= 4 is 22.3 Å². The molecule has 8 heteroatoms. The molecule has 0 saturated carbocycles. The lowest BCUT2D eigenvalue weighted by Crippen LogP contribution is -2.20. The molecule has 0 spiro atoms. The van der Waals surface area contributed by atoms with Gasteiger partial charge in [-0.2, -0.15) is 0 Å². The average Bonchev–Trinajstić information content (AvgIpc) is 3.23. The van der Waals surface area contributed by atoms with E-state index < -0.39 is 0 Å². The largest absolute Gasteiger partial charge is 0.504 e. The number of fused-ring (bicyclic) bond motifs is 1. The van der Waals surface area contributed by atoms with Crippen LogP contribution < -0.4 is 20.1 Å². The quantitative estimate of drug-likeness (QED) is 0.471. The smallest absolute Gasteiger partial charge is 0.230 e. The number of aromatic hydroxyl groups is 1. The summed E-state index contributed by atoms with van der Waals surface area (Å²) in [5.41, 5.74) is 3.46. The highest BCUT2D eigenvalue weighted by molar-refractivity contribution is 6.01. The Labute approximate surface area is 192 Å². The molecule has 1 aliphatic rings. The van der Waals surface area contributed by atoms with E-state index in [1.54, 1.807) is 6.07 Å². The fourth-order valence-electron chi connectivity index (χ4n) is 3.40. The third-order valence-electron chi connectivity index (χ3n) is 5.05. The van der Waals surface area contributed by atoms with E-state index in [4.69, 9.17) is 9.47 Å². The number of aromatic nitrogens is 2. The van der Waals surface area contributed by atoms with E-state index in [1.807, 2.05) is 24.3 Å². The normalized spacial score (nSPS) is 13.3. The van der Waals surface area contributed by atoms with Gasteiger partial charge in [0.2, 0.25) is 5.88 Å². The minimum Gasteiger partial charge on any atom is -0.504 e. The van der Waals surface area contributed by atoms with Gasteiger partial charge in [-0.1, -0.05) is 33.4 Å². The molecule has 3 aromatic rings. The third-order valence-corrected chi connectivity index (χ3v) is 5.05. The fraction of sp³-hybridized carbons (Fsp3) is 0.240. The summed E-state index contributed by atoms with van der Waals surface area (Å²) in [4.78, 5) is 13.0. The zero-order valence-electron chi connectivity index (χ0n) is 19.1. The second-order valence-corrected chi connectivity index (χ2v) is 8.70. The Morgan fingerprint density at radius 2 is 1.94 bits per heavy atom. The van der Waals surface area contributed by atoms with Crippen molar-refractivity contribution in [2.75, 3.05) is 19.0 Å². The number of phenols is 1. The van der Waals surface area contributed by atoms with Gasteiger partial charge < -0.3 is 25.2 Å². The van der Waals surface area contributed by atoms with Crippen LogP contribution >= 0.6 is 0 Å². The Kier molecular flexibility index (Phi) is 5.91. The van der Waals surface area contributed by atoms with Gasteiger partial charge in [-0.3, -0.25) is 4.99 Å². The molecule has 0 fully saturated rings. The second-order valence-electron chi connectivity index (χ2n) is 8.70. The maximum atomic E-state index is 10.1. The molecular formula is C25H27N5O3. The molecule has 0 unspecified atom stereocenters. The van der Waals surface area contributed by atoms with E-state index in [1.165, 1.54) is 19.5 Å². The van der Waals surface area contributed by atoms with Gasteiger partial charge in [-0.25, -0.2) is 9.97 Å². The van der Waals surface area contributed by atoms with Crippen molar-refractivity contribution in [3.05, 3.63) is 66.9 Å². The number of hydrogen-bond acceptors (Lipinski definition) is 8. The first-order chi connectivity index (χ1) is 15.7. The van der Waals surface area contributed by atoms with Gasteiger partial charge in [0.25, 0.3) is 0 Å². The van der Waals surface area contributed by atoms with Gasteiger partial charge >= 0.3 is 0 Å². The van der Waals surface area contributed by atoms with Gasteiger partial charge in [-0.05, 0) is 24.3 Å². The molecule has 33 heavy (non-hydrogen) atoms. The number of aliphatic imine (C=N–C) groups is 1. The Bertz CT molecular complexity index is 1270. The number of rotatable bonds is 7. The molecule has 2 aromatic carbocycles. The Balaban J connectivity index is 1.47. The minimum absolute atomic E-state index is 0.0109. The van der Waals surface area contributed by atoms with Gasteiger partial charge in [0.05, 0.1) is 30.4 Å². The van der Waals surface area contributed by atoms with Crippen molar-refractivity contribution in [3.8, 4) is 23.1 Å². The van der Waals surface area contributed by atoms with Gasteiger partial charge in [0.1, 0.15) is 12.1 Å². The minimum atomic E-state index is -0.0118. The summed E-state index contributed by atoms with van der Waals surface area (Å²) in [7, 11) is 1.49. The van der Waals surface area contributed by atoms with E-state index in [0.717, 1.165) is 17.1 Å². The van der Waals surface area contributed by atoms with Crippen LogP contribution in [0.15, 0.2) is 71.9 Å². The van der Waals surface area contributed by atoms with Gasteiger partial charge in [0, 0.05) is 34.6 Å². The molecule has 8 nitrogen and oxygen atoms in total. The first kappa shape index (κ1) is 22.1. The van der Waals surface area contributed by atoms with Crippen LogP contribution in [0.2, 0.25) is 0 Å². The monoisotopic (exact) mass is 445 g/mol. The number of phenolic OH excluding ortho intramolecular Hbond substituents is 1. The molecular weight excluding hydrogens is 418 g/mol. The molecule has 3 N–H and O–H groups in total. The number of nitrogens with one attached hydrogen (secondary N) is 2. The molecule has 2 heterocycles. The predicted molar refractivity (Wildman–Crippen MR) is 130 cm³/mol. The van der Waals surface area contributed by atoms with Crippen molar-refractivity contribution < 1.29 is 14.6 Å². The summed E-state index contributed by atoms with van der Waals surface area (Å²) in [5.74, 6) is 1.86. The highest BCUT2D eigenvalue weighted by Gasteiger charge is 2.21. The molecule has 1 aromatic heterocycles. The van der Waals surface area contributed by atoms with Crippen molar-refractivity contribution in [1.29, 1.82) is 0 Å². The maximum absolute atomic E-state index is 10.1. The van der Waals surface area contributed by atoms with E-state index in [2.05, 4.69) is 59.0 Å². The summed E-state index contributed by atoms with van der Waals surface area (Å²) < 4.78 is 11.2. The summed E-state index contributed by atoms with van der Waals surface area (Å²) in [6.07, 6.45) is 3.47. The number of methoxy groups -OCH3 is 1. The van der Waals surface area contributed by atoms with Crippen molar-refractivity contribution in [2.45, 2.75) is 20.8 Å². The van der Waals surface area contributed by atoms with Crippen molar-refractivity contribution in [3.63, 3.8) is 0 Å². The molecule has 0 saturated heterocycles. The molecule has 0 radical (unpaired) electrons. The SMILES string of the molecule is C=C(NC1=CC(C(C)(C)C)=NC1)Nc1cccc(Oc2ncnc3cc(OC)c(O)cc23)c1. The Hall–Kier alpha value is -4.07. The average molecular weight is 446 g/mol. The topological polar surface area (TPSA) is 101 Å². The summed E-state index contributed by atoms with van der Waals surface area (Å²) in [6, 6.07) is 10.6. The maximum Gasteiger partial charge on any atom is 0.230 e. The highest BCUT2D eigenvalue weighted by Crippen LogP contribution is 2.35. The molecule has 1 aliphatic heterocycles. The molecule has 0 atom stereocenters. The van der Waals surface area contributed by atoms with E-state index >= 15 is 0 Å². The second kappa shape index (κ2) is 8.82. The number of nitrogens with zero attached hydrogens (tertiary/aromatic N) is 3. The molecule has 0 aliphatic carbocycles. The van der Waals surface area contributed by atoms with Crippen LogP contribution in [0.1, 0.15) is 20.8 Å². The molecule has 4 rings (SSSR count). The highest BCUT2D eigenvalue weighted by atomic mass is 16.5. The van der Waals surface area contributed by atoms with Crippen LogP contribution in [0.5, 0.6) is 23.1 Å². The van der Waals surface area contributed by atoms with Crippen molar-refractivity contribution in [2.24, 2.45) is 10.4 Å². The summed E-state index contributed by atoms with van der Waals surface area (Å²) >= 11 is 0. The lowest BCUT2D eigenvalue weighted by molar-refractivity contribution is 0.374. The zero-order valence-corrected chi connectivity index (χ0v) is 19.1. The number of benzene rings is 2. The Morgan fingerprint density at radius 3 is 2.67 bits per heavy atom. The van der Waals surface area contributed by atoms with Gasteiger partial charge in [0.15, 0.2) is 11.5 Å². The van der Waals surface area contributed by atoms with Crippen LogP contribution in [0.25, 0.3) is 10.9 Å². The van der Waals surface area contributed by atoms with Crippen LogP contribution in [0.3, 0.4) is 0 Å². The molecule has 0 bridgehead atoms. The summed E-state index contributed by atoms with van der Waals surface area (Å²) in [6.45, 7) is 11.1. The molecule has 0 amide bonds. The summed E-state index contributed by atoms with van der Waals surface area (Å²) in [5, 5.41) is 17.2. The number of hydrogen-bond donors (Lipinski definition) is 3. The Morgan fingerprint density at radius 1 is 1.12 bits per heavy atom. The molecule has 170 valence electrons. The van der Waals surface area contributed by atoms with Crippen LogP contribution in [0.4, 0.5) is 5.69 Å². The van der Waals surface area contributed by atoms with Gasteiger partial charge in [-0.15, -0.1) is 0 Å². The van der Waals surface area contributed by atoms with E-state index in [9.17, 15) is 5.11 Å². The lowest BCUT2D eigenvalue weighted by Gasteiger charge is -2.16. The van der Waals surface area contributed by atoms with Crippen LogP contribution in [-0.2, 0) is 0 Å². The van der Waals surface area contributed by atoms with E-state index in [0.29, 0.717) is 40.6 Å². The lowest BCUT2D eigenvalue weighted by atomic mass is 9.90. The number of ether oxygens (including phenoxy) is 2. The van der Waals surface area contributed by atoms with Crippen LogP contribution in [0, 0.1) is 5.41 Å². The van der Waals surface area contributed by atoms with E-state index in [-0.39, 0.29) is 11.2 Å². The predicted octanol–water partition coefficient (Wildman–Crippen LogP) is 4.99. The first-order valence-corrected chi connectivity index (χ1v) is 10.5.